The van der Waals surface area contributed by atoms with Crippen LogP contribution in [0.25, 0.3) is 0 Å². The molecule has 4 heteroatoms. The monoisotopic (exact) mass is 362 g/mol. The van der Waals surface area contributed by atoms with Crippen LogP contribution in [0.5, 0.6) is 5.75 Å². The molecule has 26 heavy (non-hydrogen) atoms. The summed E-state index contributed by atoms with van der Waals surface area (Å²) in [6, 6.07) is 7.57. The van der Waals surface area contributed by atoms with Crippen molar-refractivity contribution in [3.05, 3.63) is 29.8 Å². The maximum Gasteiger partial charge on any atom is 0.311 e. The maximum absolute atomic E-state index is 12.0. The van der Waals surface area contributed by atoms with Gasteiger partial charge in [0.25, 0.3) is 0 Å². The lowest BCUT2D eigenvalue weighted by atomic mass is 10.0. The number of carbonyl (C=O) groups excluding carboxylic acids is 2. The zero-order valence-electron chi connectivity index (χ0n) is 16.8. The molecule has 0 aliphatic carbocycles. The maximum atomic E-state index is 12.0. The van der Waals surface area contributed by atoms with Crippen LogP contribution in [-0.4, -0.2) is 18.5 Å². The number of carbonyl (C=O) groups is 2. The Morgan fingerprint density at radius 2 is 1.69 bits per heavy atom. The Kier molecular flexibility index (Phi) is 10.7. The van der Waals surface area contributed by atoms with Crippen LogP contribution in [0, 0.1) is 5.92 Å². The van der Waals surface area contributed by atoms with Crippen LogP contribution in [0.4, 0.5) is 0 Å². The first kappa shape index (κ1) is 22.2. The lowest BCUT2D eigenvalue weighted by Gasteiger charge is -2.14. The van der Waals surface area contributed by atoms with E-state index in [-0.39, 0.29) is 30.7 Å². The fraction of sp³-hybridized carbons (Fsp3) is 0.636. The van der Waals surface area contributed by atoms with Crippen LogP contribution in [0.2, 0.25) is 0 Å². The van der Waals surface area contributed by atoms with Crippen LogP contribution < -0.4 is 4.74 Å². The van der Waals surface area contributed by atoms with E-state index in [0.717, 1.165) is 24.8 Å². The van der Waals surface area contributed by atoms with Gasteiger partial charge in [0.2, 0.25) is 0 Å². The first-order chi connectivity index (χ1) is 12.5. The highest BCUT2D eigenvalue weighted by Gasteiger charge is 2.13. The zero-order chi connectivity index (χ0) is 19.4. The van der Waals surface area contributed by atoms with E-state index in [4.69, 9.17) is 9.47 Å². The minimum atomic E-state index is -0.305. The summed E-state index contributed by atoms with van der Waals surface area (Å²) >= 11 is 0. The van der Waals surface area contributed by atoms with Gasteiger partial charge < -0.3 is 9.47 Å². The van der Waals surface area contributed by atoms with Crippen LogP contribution in [0.15, 0.2) is 24.3 Å². The highest BCUT2D eigenvalue weighted by atomic mass is 16.5. The van der Waals surface area contributed by atoms with Crippen LogP contribution >= 0.6 is 0 Å². The molecule has 0 heterocycles. The topological polar surface area (TPSA) is 52.6 Å². The Bertz CT molecular complexity index is 551. The van der Waals surface area contributed by atoms with E-state index in [9.17, 15) is 9.59 Å². The van der Waals surface area contributed by atoms with Gasteiger partial charge in [0.15, 0.2) is 0 Å². The Labute approximate surface area is 158 Å². The smallest absolute Gasteiger partial charge is 0.311 e. The van der Waals surface area contributed by atoms with Crippen molar-refractivity contribution in [2.45, 2.75) is 78.6 Å². The molecule has 146 valence electrons. The number of hydrogen-bond donors (Lipinski definition) is 0. The second-order valence-electron chi connectivity index (χ2n) is 7.12. The number of rotatable bonds is 12. The van der Waals surface area contributed by atoms with Crippen molar-refractivity contribution in [1.82, 2.24) is 0 Å². The van der Waals surface area contributed by atoms with Gasteiger partial charge in [-0.1, -0.05) is 65.2 Å². The fourth-order valence-corrected chi connectivity index (χ4v) is 2.78. The first-order valence-electron chi connectivity index (χ1n) is 9.93. The fourth-order valence-electron chi connectivity index (χ4n) is 2.78. The molecule has 0 bridgehead atoms. The third-order valence-corrected chi connectivity index (χ3v) is 4.55. The molecule has 0 radical (unpaired) electrons. The minimum absolute atomic E-state index is 0.217. The molecular weight excluding hydrogens is 328 g/mol. The molecule has 0 aromatic heterocycles. The Balaban J connectivity index is 2.30. The number of ether oxygens (including phenoxy) is 2. The van der Waals surface area contributed by atoms with Gasteiger partial charge in [0.05, 0.1) is 6.61 Å². The Morgan fingerprint density at radius 3 is 2.35 bits per heavy atom. The van der Waals surface area contributed by atoms with Gasteiger partial charge in [-0.2, -0.15) is 0 Å². The van der Waals surface area contributed by atoms with E-state index >= 15 is 0 Å². The highest BCUT2D eigenvalue weighted by molar-refractivity contribution is 5.74. The molecule has 0 saturated heterocycles. The SMILES string of the molecule is CCCCC(CC)COC(=O)CCCC(=O)Oc1ccccc1C(C)C. The molecule has 0 aliphatic heterocycles. The summed E-state index contributed by atoms with van der Waals surface area (Å²) < 4.78 is 10.8. The molecule has 0 saturated carbocycles. The van der Waals surface area contributed by atoms with Gasteiger partial charge in [-0.25, -0.2) is 0 Å². The number of unbranched alkanes of at least 4 members (excludes halogenated alkanes) is 1. The number of hydrogen-bond acceptors (Lipinski definition) is 4. The third kappa shape index (κ3) is 8.50. The zero-order valence-corrected chi connectivity index (χ0v) is 16.8. The van der Waals surface area contributed by atoms with E-state index < -0.39 is 0 Å². The van der Waals surface area contributed by atoms with E-state index in [1.807, 2.05) is 24.3 Å². The third-order valence-electron chi connectivity index (χ3n) is 4.55. The van der Waals surface area contributed by atoms with Gasteiger partial charge in [0, 0.05) is 12.8 Å². The van der Waals surface area contributed by atoms with Gasteiger partial charge in [-0.3, -0.25) is 9.59 Å². The average Bonchev–Trinajstić information content (AvgIpc) is 2.62. The van der Waals surface area contributed by atoms with Gasteiger partial charge in [-0.15, -0.1) is 0 Å². The quantitative estimate of drug-likeness (QED) is 0.356. The van der Waals surface area contributed by atoms with Crippen molar-refractivity contribution in [1.29, 1.82) is 0 Å². The molecule has 4 nitrogen and oxygen atoms in total. The largest absolute Gasteiger partial charge is 0.465 e. The molecule has 0 fully saturated rings. The minimum Gasteiger partial charge on any atom is -0.465 e. The normalized spacial score (nSPS) is 12.0. The van der Waals surface area contributed by atoms with Crippen molar-refractivity contribution in [2.75, 3.05) is 6.61 Å². The summed E-state index contributed by atoms with van der Waals surface area (Å²) in [6.45, 7) is 8.90. The van der Waals surface area contributed by atoms with Gasteiger partial charge in [-0.05, 0) is 36.3 Å². The molecule has 0 aliphatic rings. The van der Waals surface area contributed by atoms with Crippen LogP contribution in [0.3, 0.4) is 0 Å². The number of para-hydroxylation sites is 1. The summed E-state index contributed by atoms with van der Waals surface area (Å²) in [5, 5.41) is 0. The van der Waals surface area contributed by atoms with Crippen LogP contribution in [0.1, 0.15) is 84.1 Å². The molecular formula is C22H34O4. The second-order valence-corrected chi connectivity index (χ2v) is 7.12. The second kappa shape index (κ2) is 12.5. The molecule has 1 atom stereocenters. The standard InChI is InChI=1S/C22H34O4/c1-5-7-11-18(6-2)16-25-21(23)14-10-15-22(24)26-20-13-9-8-12-19(20)17(3)4/h8-9,12-13,17-18H,5-7,10-11,14-16H2,1-4H3. The first-order valence-corrected chi connectivity index (χ1v) is 9.93. The molecule has 1 aromatic carbocycles. The molecule has 1 unspecified atom stereocenters. The van der Waals surface area contributed by atoms with E-state index in [2.05, 4.69) is 27.7 Å². The van der Waals surface area contributed by atoms with E-state index in [0.29, 0.717) is 24.7 Å². The van der Waals surface area contributed by atoms with Crippen LogP contribution in [-0.2, 0) is 14.3 Å². The predicted molar refractivity (Wildman–Crippen MR) is 104 cm³/mol. The summed E-state index contributed by atoms with van der Waals surface area (Å²) in [6.07, 6.45) is 5.37. The average molecular weight is 363 g/mol. The van der Waals surface area contributed by atoms with Crippen molar-refractivity contribution < 1.29 is 19.1 Å². The number of benzene rings is 1. The van der Waals surface area contributed by atoms with Crippen molar-refractivity contribution in [3.63, 3.8) is 0 Å². The van der Waals surface area contributed by atoms with Crippen molar-refractivity contribution in [2.24, 2.45) is 5.92 Å². The molecule has 0 amide bonds. The van der Waals surface area contributed by atoms with E-state index in [1.165, 1.54) is 6.42 Å². The van der Waals surface area contributed by atoms with Crippen molar-refractivity contribution >= 4 is 11.9 Å². The molecule has 1 aromatic rings. The lowest BCUT2D eigenvalue weighted by molar-refractivity contribution is -0.145. The molecule has 0 spiro atoms. The summed E-state index contributed by atoms with van der Waals surface area (Å²) in [4.78, 5) is 23.9. The molecule has 0 N–H and O–H groups in total. The lowest BCUT2D eigenvalue weighted by Crippen LogP contribution is -2.15. The van der Waals surface area contributed by atoms with Gasteiger partial charge >= 0.3 is 11.9 Å². The molecule has 1 rings (SSSR count). The summed E-state index contributed by atoms with van der Waals surface area (Å²) in [5.41, 5.74) is 1.01. The van der Waals surface area contributed by atoms with E-state index in [1.54, 1.807) is 0 Å². The Hall–Kier alpha value is -1.84. The van der Waals surface area contributed by atoms with Crippen molar-refractivity contribution in [3.8, 4) is 5.75 Å². The predicted octanol–water partition coefficient (Wildman–Crippen LogP) is 5.65. The number of esters is 2. The van der Waals surface area contributed by atoms with Gasteiger partial charge in [0.1, 0.15) is 5.75 Å². The summed E-state index contributed by atoms with van der Waals surface area (Å²) in [5.74, 6) is 0.803. The Morgan fingerprint density at radius 1 is 1.00 bits per heavy atom. The highest BCUT2D eigenvalue weighted by Crippen LogP contribution is 2.26. The summed E-state index contributed by atoms with van der Waals surface area (Å²) in [7, 11) is 0.